The molecule has 0 saturated carbocycles. The van der Waals surface area contributed by atoms with Crippen molar-refractivity contribution in [3.8, 4) is 5.75 Å². The molecule has 1 aromatic rings. The van der Waals surface area contributed by atoms with Crippen molar-refractivity contribution in [3.05, 3.63) is 29.8 Å². The van der Waals surface area contributed by atoms with Crippen molar-refractivity contribution in [2.45, 2.75) is 136 Å². The van der Waals surface area contributed by atoms with Gasteiger partial charge in [0.25, 0.3) is 0 Å². The molecule has 2 unspecified atom stereocenters. The molecule has 1 heteroatoms. The standard InChI is InChI=1S/C28H50O/c1-4-7-10-12-13-14-17-22-26(27-23-18-19-24-28(27)29)25(20-15-9-6-3)21-16-11-8-5-2/h18-19,23-26,29H,4-17,20-22H2,1-3H3. The van der Waals surface area contributed by atoms with Crippen molar-refractivity contribution in [3.63, 3.8) is 0 Å². The summed E-state index contributed by atoms with van der Waals surface area (Å²) in [6.07, 6.45) is 22.8. The number of hydrogen-bond acceptors (Lipinski definition) is 1. The molecule has 0 aliphatic heterocycles. The van der Waals surface area contributed by atoms with Crippen LogP contribution in [0.3, 0.4) is 0 Å². The highest BCUT2D eigenvalue weighted by molar-refractivity contribution is 5.35. The summed E-state index contributed by atoms with van der Waals surface area (Å²) in [5.74, 6) is 1.78. The van der Waals surface area contributed by atoms with E-state index < -0.39 is 0 Å². The zero-order valence-corrected chi connectivity index (χ0v) is 19.9. The molecule has 0 spiro atoms. The number of rotatable bonds is 19. The molecule has 2 atom stereocenters. The van der Waals surface area contributed by atoms with Crippen LogP contribution in [0.5, 0.6) is 5.75 Å². The van der Waals surface area contributed by atoms with E-state index in [2.05, 4.69) is 32.9 Å². The molecule has 168 valence electrons. The van der Waals surface area contributed by atoms with Gasteiger partial charge in [-0.1, -0.05) is 129 Å². The highest BCUT2D eigenvalue weighted by Crippen LogP contribution is 2.40. The zero-order valence-electron chi connectivity index (χ0n) is 19.9. The molecule has 1 nitrogen and oxygen atoms in total. The Balaban J connectivity index is 2.73. The summed E-state index contributed by atoms with van der Waals surface area (Å²) in [5, 5.41) is 10.6. The maximum absolute atomic E-state index is 10.6. The monoisotopic (exact) mass is 402 g/mol. The molecule has 0 heterocycles. The van der Waals surface area contributed by atoms with Gasteiger partial charge >= 0.3 is 0 Å². The normalized spacial score (nSPS) is 13.5. The second-order valence-electron chi connectivity index (χ2n) is 9.18. The number of benzene rings is 1. The third-order valence-electron chi connectivity index (χ3n) is 6.63. The van der Waals surface area contributed by atoms with Crippen molar-refractivity contribution < 1.29 is 5.11 Å². The average Bonchev–Trinajstić information content (AvgIpc) is 2.73. The van der Waals surface area contributed by atoms with E-state index in [0.717, 1.165) is 5.92 Å². The van der Waals surface area contributed by atoms with E-state index in [1.54, 1.807) is 0 Å². The third kappa shape index (κ3) is 11.7. The summed E-state index contributed by atoms with van der Waals surface area (Å²) >= 11 is 0. The first-order valence-corrected chi connectivity index (χ1v) is 13.0. The predicted octanol–water partition coefficient (Wildman–Crippen LogP) is 9.78. The maximum atomic E-state index is 10.6. The molecule has 29 heavy (non-hydrogen) atoms. The topological polar surface area (TPSA) is 20.2 Å². The van der Waals surface area contributed by atoms with Crippen LogP contribution >= 0.6 is 0 Å². The Morgan fingerprint density at radius 2 is 1.03 bits per heavy atom. The van der Waals surface area contributed by atoms with Gasteiger partial charge in [0.2, 0.25) is 0 Å². The fourth-order valence-corrected chi connectivity index (χ4v) is 4.80. The van der Waals surface area contributed by atoms with Gasteiger partial charge in [-0.2, -0.15) is 0 Å². The molecule has 0 aliphatic rings. The lowest BCUT2D eigenvalue weighted by atomic mass is 9.76. The Morgan fingerprint density at radius 1 is 0.586 bits per heavy atom. The van der Waals surface area contributed by atoms with Crippen LogP contribution in [0.2, 0.25) is 0 Å². The molecule has 0 aromatic heterocycles. The van der Waals surface area contributed by atoms with Gasteiger partial charge in [0.05, 0.1) is 0 Å². The molecule has 0 fully saturated rings. The van der Waals surface area contributed by atoms with Crippen LogP contribution in [0.25, 0.3) is 0 Å². The van der Waals surface area contributed by atoms with Crippen molar-refractivity contribution in [1.29, 1.82) is 0 Å². The van der Waals surface area contributed by atoms with Crippen molar-refractivity contribution in [2.75, 3.05) is 0 Å². The van der Waals surface area contributed by atoms with Crippen LogP contribution in [-0.2, 0) is 0 Å². The van der Waals surface area contributed by atoms with Gasteiger partial charge in [0, 0.05) is 0 Å². The van der Waals surface area contributed by atoms with E-state index in [1.165, 1.54) is 115 Å². The maximum Gasteiger partial charge on any atom is 0.119 e. The lowest BCUT2D eigenvalue weighted by Crippen LogP contribution is -2.14. The molecule has 0 saturated heterocycles. The van der Waals surface area contributed by atoms with E-state index in [4.69, 9.17) is 0 Å². The van der Waals surface area contributed by atoms with Crippen LogP contribution < -0.4 is 0 Å². The van der Waals surface area contributed by atoms with E-state index >= 15 is 0 Å². The molecule has 1 N–H and O–H groups in total. The average molecular weight is 403 g/mol. The smallest absolute Gasteiger partial charge is 0.119 e. The van der Waals surface area contributed by atoms with Crippen LogP contribution in [0.4, 0.5) is 0 Å². The van der Waals surface area contributed by atoms with Crippen LogP contribution in [0.1, 0.15) is 141 Å². The predicted molar refractivity (Wildman–Crippen MR) is 130 cm³/mol. The summed E-state index contributed by atoms with van der Waals surface area (Å²) in [6.45, 7) is 6.88. The van der Waals surface area contributed by atoms with Crippen molar-refractivity contribution >= 4 is 0 Å². The Bertz CT molecular complexity index is 481. The number of para-hydroxylation sites is 1. The van der Waals surface area contributed by atoms with E-state index in [9.17, 15) is 5.11 Å². The number of hydrogen-bond donors (Lipinski definition) is 1. The van der Waals surface area contributed by atoms with E-state index in [1.807, 2.05) is 12.1 Å². The minimum absolute atomic E-state index is 0.523. The lowest BCUT2D eigenvalue weighted by Gasteiger charge is -2.29. The van der Waals surface area contributed by atoms with Gasteiger partial charge in [-0.15, -0.1) is 0 Å². The van der Waals surface area contributed by atoms with Crippen LogP contribution in [0.15, 0.2) is 24.3 Å². The molecular formula is C28H50O. The van der Waals surface area contributed by atoms with Gasteiger partial charge in [-0.25, -0.2) is 0 Å². The van der Waals surface area contributed by atoms with Crippen molar-refractivity contribution in [1.82, 2.24) is 0 Å². The minimum atomic E-state index is 0.523. The van der Waals surface area contributed by atoms with Gasteiger partial charge in [-0.3, -0.25) is 0 Å². The first-order valence-electron chi connectivity index (χ1n) is 13.0. The lowest BCUT2D eigenvalue weighted by molar-refractivity contribution is 0.315. The first kappa shape index (κ1) is 26.1. The summed E-state index contributed by atoms with van der Waals surface area (Å²) in [5.41, 5.74) is 1.22. The Morgan fingerprint density at radius 3 is 1.66 bits per heavy atom. The fraction of sp³-hybridized carbons (Fsp3) is 0.786. The number of unbranched alkanes of at least 4 members (excludes halogenated alkanes) is 11. The Labute approximate surface area is 182 Å². The second kappa shape index (κ2) is 17.8. The van der Waals surface area contributed by atoms with Crippen LogP contribution in [0, 0.1) is 5.92 Å². The quantitative estimate of drug-likeness (QED) is 0.228. The third-order valence-corrected chi connectivity index (χ3v) is 6.63. The summed E-state index contributed by atoms with van der Waals surface area (Å²) in [4.78, 5) is 0. The van der Waals surface area contributed by atoms with Gasteiger partial charge in [0.15, 0.2) is 0 Å². The Hall–Kier alpha value is -0.980. The van der Waals surface area contributed by atoms with Gasteiger partial charge < -0.3 is 5.11 Å². The summed E-state index contributed by atoms with van der Waals surface area (Å²) in [6, 6.07) is 8.18. The molecule has 1 rings (SSSR count). The SMILES string of the molecule is CCCCCCCCCC(c1ccccc1O)C(CCCCC)CCCCCC. The van der Waals surface area contributed by atoms with Crippen LogP contribution in [-0.4, -0.2) is 5.11 Å². The first-order chi connectivity index (χ1) is 14.2. The summed E-state index contributed by atoms with van der Waals surface area (Å²) < 4.78 is 0. The largest absolute Gasteiger partial charge is 0.508 e. The van der Waals surface area contributed by atoms with E-state index in [0.29, 0.717) is 11.7 Å². The van der Waals surface area contributed by atoms with Gasteiger partial charge in [-0.05, 0) is 42.7 Å². The van der Waals surface area contributed by atoms with Gasteiger partial charge in [0.1, 0.15) is 5.75 Å². The number of phenols is 1. The molecular weight excluding hydrogens is 352 g/mol. The fourth-order valence-electron chi connectivity index (χ4n) is 4.80. The number of phenolic OH excluding ortho intramolecular Hbond substituents is 1. The molecule has 1 aromatic carbocycles. The molecule has 0 bridgehead atoms. The molecule has 0 amide bonds. The highest BCUT2D eigenvalue weighted by atomic mass is 16.3. The van der Waals surface area contributed by atoms with E-state index in [-0.39, 0.29) is 0 Å². The molecule has 0 radical (unpaired) electrons. The zero-order chi connectivity index (χ0) is 21.2. The second-order valence-corrected chi connectivity index (χ2v) is 9.18. The Kier molecular flexibility index (Phi) is 16.0. The molecule has 0 aliphatic carbocycles. The summed E-state index contributed by atoms with van der Waals surface area (Å²) in [7, 11) is 0. The minimum Gasteiger partial charge on any atom is -0.508 e. The highest BCUT2D eigenvalue weighted by Gasteiger charge is 2.24. The number of aromatic hydroxyl groups is 1. The van der Waals surface area contributed by atoms with Crippen molar-refractivity contribution in [2.24, 2.45) is 5.92 Å².